The van der Waals surface area contributed by atoms with Gasteiger partial charge in [0.05, 0.1) is 0 Å². The molecular weight excluding hydrogens is 302 g/mol. The van der Waals surface area contributed by atoms with Gasteiger partial charge in [-0.1, -0.05) is 0 Å². The van der Waals surface area contributed by atoms with Gasteiger partial charge in [0.25, 0.3) is 5.91 Å². The summed E-state index contributed by atoms with van der Waals surface area (Å²) in [5.41, 5.74) is 0.105. The highest BCUT2D eigenvalue weighted by Crippen LogP contribution is 2.12. The second kappa shape index (κ2) is 6.70. The number of carbonyl (C=O) groups excluding carboxylic acids is 1. The Bertz CT molecular complexity index is 636. The van der Waals surface area contributed by atoms with Crippen molar-refractivity contribution >= 4 is 21.9 Å². The van der Waals surface area contributed by atoms with Crippen LogP contribution in [-0.4, -0.2) is 54.8 Å². The molecule has 1 rings (SSSR count). The maximum atomic E-state index is 11.9. The van der Waals surface area contributed by atoms with Crippen molar-refractivity contribution in [1.29, 1.82) is 0 Å². The van der Waals surface area contributed by atoms with E-state index < -0.39 is 28.0 Å². The molecule has 1 heterocycles. The van der Waals surface area contributed by atoms with Crippen molar-refractivity contribution in [3.63, 3.8) is 0 Å². The van der Waals surface area contributed by atoms with E-state index in [-0.39, 0.29) is 23.6 Å². The zero-order chi connectivity index (χ0) is 16.2. The van der Waals surface area contributed by atoms with Crippen molar-refractivity contribution < 1.29 is 28.2 Å². The average molecular weight is 319 g/mol. The Labute approximate surface area is 121 Å². The molecule has 0 radical (unpaired) electrons. The summed E-state index contributed by atoms with van der Waals surface area (Å²) in [5, 5.41) is 20.0. The highest BCUT2D eigenvalue weighted by Gasteiger charge is 2.19. The molecule has 0 fully saturated rings. The summed E-state index contributed by atoms with van der Waals surface area (Å²) in [6.45, 7) is -0.0500. The fourth-order valence-corrected chi connectivity index (χ4v) is 2.36. The van der Waals surface area contributed by atoms with Gasteiger partial charge in [-0.15, -0.1) is 0 Å². The third-order valence-electron chi connectivity index (χ3n) is 2.78. The van der Waals surface area contributed by atoms with Crippen LogP contribution in [-0.2, 0) is 21.9 Å². The number of carbonyl (C=O) groups is 2. The second-order valence-corrected chi connectivity index (χ2v) is 6.16. The van der Waals surface area contributed by atoms with Gasteiger partial charge in [-0.25, -0.2) is 17.9 Å². The minimum Gasteiger partial charge on any atom is -0.479 e. The van der Waals surface area contributed by atoms with Crippen LogP contribution in [0.1, 0.15) is 16.9 Å². The van der Waals surface area contributed by atoms with Crippen LogP contribution in [0.2, 0.25) is 0 Å². The van der Waals surface area contributed by atoms with Gasteiger partial charge in [0.15, 0.2) is 6.10 Å². The van der Waals surface area contributed by atoms with Crippen LogP contribution in [0, 0.1) is 0 Å². The molecule has 0 aliphatic heterocycles. The molecule has 1 amide bonds. The summed E-state index contributed by atoms with van der Waals surface area (Å²) in [7, 11) is -0.878. The predicted octanol–water partition coefficient (Wildman–Crippen LogP) is -1.50. The number of aliphatic carboxylic acids is 1. The van der Waals surface area contributed by atoms with E-state index in [9.17, 15) is 18.0 Å². The Morgan fingerprint density at radius 2 is 2.05 bits per heavy atom. The molecule has 0 aromatic carbocycles. The van der Waals surface area contributed by atoms with E-state index in [2.05, 4.69) is 10.0 Å². The summed E-state index contributed by atoms with van der Waals surface area (Å²) >= 11 is 0. The fourth-order valence-electron chi connectivity index (χ4n) is 1.56. The molecule has 1 aromatic heterocycles. The molecule has 1 aromatic rings. The average Bonchev–Trinajstić information content (AvgIpc) is 2.81. The minimum absolute atomic E-state index is 0.0500. The number of nitrogens with zero attached hydrogens (tertiary/aromatic N) is 1. The minimum atomic E-state index is -3.65. The maximum Gasteiger partial charge on any atom is 0.332 e. The number of amides is 1. The zero-order valence-corrected chi connectivity index (χ0v) is 12.3. The van der Waals surface area contributed by atoms with Crippen LogP contribution >= 0.6 is 0 Å². The van der Waals surface area contributed by atoms with Crippen molar-refractivity contribution in [1.82, 2.24) is 14.6 Å². The number of hydrogen-bond acceptors (Lipinski definition) is 5. The van der Waals surface area contributed by atoms with Crippen molar-refractivity contribution in [3.05, 3.63) is 18.0 Å². The number of sulfonamides is 1. The molecule has 0 aliphatic carbocycles. The van der Waals surface area contributed by atoms with Gasteiger partial charge < -0.3 is 20.1 Å². The van der Waals surface area contributed by atoms with E-state index >= 15 is 0 Å². The van der Waals surface area contributed by atoms with Crippen molar-refractivity contribution in [3.8, 4) is 0 Å². The smallest absolute Gasteiger partial charge is 0.332 e. The number of aliphatic hydroxyl groups is 1. The number of aromatic nitrogens is 1. The normalized spacial score (nSPS) is 12.9. The molecule has 21 heavy (non-hydrogen) atoms. The monoisotopic (exact) mass is 319 g/mol. The lowest BCUT2D eigenvalue weighted by Gasteiger charge is -2.07. The van der Waals surface area contributed by atoms with E-state index in [1.54, 1.807) is 0 Å². The number of carboxylic acid groups (broad SMARTS) is 1. The number of rotatable bonds is 7. The molecule has 10 heteroatoms. The summed E-state index contributed by atoms with van der Waals surface area (Å²) < 4.78 is 26.7. The van der Waals surface area contributed by atoms with Gasteiger partial charge in [-0.2, -0.15) is 0 Å². The summed E-state index contributed by atoms with van der Waals surface area (Å²) in [6.07, 6.45) is -0.418. The Hall–Kier alpha value is -1.91. The highest BCUT2D eigenvalue weighted by atomic mass is 32.2. The fraction of sp³-hybridized carbons (Fsp3) is 0.455. The quantitative estimate of drug-likeness (QED) is 0.482. The first kappa shape index (κ1) is 17.1. The first-order valence-corrected chi connectivity index (χ1v) is 7.46. The van der Waals surface area contributed by atoms with Crippen molar-refractivity contribution in [2.24, 2.45) is 7.05 Å². The third-order valence-corrected chi connectivity index (χ3v) is 4.16. The largest absolute Gasteiger partial charge is 0.479 e. The van der Waals surface area contributed by atoms with Crippen molar-refractivity contribution in [2.45, 2.75) is 17.4 Å². The van der Waals surface area contributed by atoms with Crippen LogP contribution in [0.5, 0.6) is 0 Å². The summed E-state index contributed by atoms with van der Waals surface area (Å²) in [5.74, 6) is -1.93. The Morgan fingerprint density at radius 3 is 2.57 bits per heavy atom. The van der Waals surface area contributed by atoms with Crippen LogP contribution in [0.4, 0.5) is 0 Å². The first-order valence-electron chi connectivity index (χ1n) is 5.98. The number of aliphatic hydroxyl groups excluding tert-OH is 1. The zero-order valence-electron chi connectivity index (χ0n) is 11.5. The SMILES string of the molecule is CNS(=O)(=O)c1cc(C(=O)NCC[C@H](O)C(=O)O)n(C)c1. The third kappa shape index (κ3) is 4.28. The van der Waals surface area contributed by atoms with Gasteiger partial charge in [0.2, 0.25) is 10.0 Å². The van der Waals surface area contributed by atoms with Crippen molar-refractivity contribution in [2.75, 3.05) is 13.6 Å². The van der Waals surface area contributed by atoms with E-state index in [1.807, 2.05) is 0 Å². The molecular formula is C11H17N3O6S. The molecule has 0 bridgehead atoms. The lowest BCUT2D eigenvalue weighted by Crippen LogP contribution is -2.30. The van der Waals surface area contributed by atoms with E-state index in [0.29, 0.717) is 0 Å². The van der Waals surface area contributed by atoms with Crippen LogP contribution in [0.15, 0.2) is 17.2 Å². The molecule has 4 N–H and O–H groups in total. The standard InChI is InChI=1S/C11H17N3O6S/c1-12-21(19,20)7-5-8(14(2)6-7)10(16)13-4-3-9(15)11(17)18/h5-6,9,12,15H,3-4H2,1-2H3,(H,13,16)(H,17,18)/t9-/m0/s1. The number of carboxylic acids is 1. The molecule has 0 aliphatic rings. The molecule has 0 spiro atoms. The van der Waals surface area contributed by atoms with E-state index in [0.717, 1.165) is 0 Å². The van der Waals surface area contributed by atoms with Gasteiger partial charge in [-0.05, 0) is 13.1 Å². The van der Waals surface area contributed by atoms with Gasteiger partial charge >= 0.3 is 5.97 Å². The van der Waals surface area contributed by atoms with Gasteiger partial charge in [0, 0.05) is 26.2 Å². The van der Waals surface area contributed by atoms with Crippen LogP contribution < -0.4 is 10.0 Å². The molecule has 1 atom stereocenters. The molecule has 0 saturated carbocycles. The van der Waals surface area contributed by atoms with Crippen LogP contribution in [0.25, 0.3) is 0 Å². The second-order valence-electron chi connectivity index (χ2n) is 4.28. The molecule has 118 valence electrons. The van der Waals surface area contributed by atoms with E-state index in [4.69, 9.17) is 10.2 Å². The number of nitrogens with one attached hydrogen (secondary N) is 2. The number of hydrogen-bond donors (Lipinski definition) is 4. The Balaban J connectivity index is 2.74. The molecule has 9 nitrogen and oxygen atoms in total. The van der Waals surface area contributed by atoms with Gasteiger partial charge in [0.1, 0.15) is 10.6 Å². The maximum absolute atomic E-state index is 11.9. The topological polar surface area (TPSA) is 138 Å². The van der Waals surface area contributed by atoms with Gasteiger partial charge in [-0.3, -0.25) is 4.79 Å². The Kier molecular flexibility index (Phi) is 5.47. The molecule has 0 unspecified atom stereocenters. The summed E-state index contributed by atoms with van der Waals surface area (Å²) in [4.78, 5) is 22.2. The first-order chi connectivity index (χ1) is 9.69. The number of aryl methyl sites for hydroxylation is 1. The summed E-state index contributed by atoms with van der Waals surface area (Å²) in [6, 6.07) is 1.20. The molecule has 0 saturated heterocycles. The predicted molar refractivity (Wildman–Crippen MR) is 72.3 cm³/mol. The lowest BCUT2D eigenvalue weighted by molar-refractivity contribution is -0.146. The lowest BCUT2D eigenvalue weighted by atomic mass is 10.2. The van der Waals surface area contributed by atoms with Crippen LogP contribution in [0.3, 0.4) is 0 Å². The van der Waals surface area contributed by atoms with E-state index in [1.165, 1.54) is 30.9 Å². The highest BCUT2D eigenvalue weighted by molar-refractivity contribution is 7.89. The Morgan fingerprint density at radius 1 is 1.43 bits per heavy atom.